The molecule has 3 rings (SSSR count). The molecule has 0 bridgehead atoms. The average molecular weight is 431 g/mol. The number of anilines is 1. The average Bonchev–Trinajstić information content (AvgIpc) is 2.71. The number of rotatable bonds is 7. The number of carbonyl (C=O) groups is 1. The van der Waals surface area contributed by atoms with Crippen LogP contribution in [0, 0.1) is 12.8 Å². The molecule has 1 aliphatic heterocycles. The van der Waals surface area contributed by atoms with Gasteiger partial charge in [0.2, 0.25) is 15.9 Å². The third kappa shape index (κ3) is 5.83. The lowest BCUT2D eigenvalue weighted by atomic mass is 9.97. The van der Waals surface area contributed by atoms with E-state index >= 15 is 0 Å². The van der Waals surface area contributed by atoms with Gasteiger partial charge in [-0.25, -0.2) is 12.7 Å². The standard InChI is InChI=1S/C23H30N2O4S/c1-17(2)29-22-7-5-4-6-21(22)24-23(26)20-12-14-25(15-13-20)30(27,28)16-19-10-8-18(3)9-11-19/h4-11,17,20H,12-16H2,1-3H3,(H,24,26). The van der Waals surface area contributed by atoms with Gasteiger partial charge >= 0.3 is 0 Å². The molecule has 1 amide bonds. The fourth-order valence-corrected chi connectivity index (χ4v) is 5.11. The van der Waals surface area contributed by atoms with E-state index in [9.17, 15) is 13.2 Å². The van der Waals surface area contributed by atoms with Crippen LogP contribution in [0.5, 0.6) is 5.75 Å². The molecule has 0 radical (unpaired) electrons. The van der Waals surface area contributed by atoms with Crippen molar-refractivity contribution in [1.29, 1.82) is 0 Å². The SMILES string of the molecule is Cc1ccc(CS(=O)(=O)N2CCC(C(=O)Nc3ccccc3OC(C)C)CC2)cc1. The Morgan fingerprint density at radius 3 is 2.37 bits per heavy atom. The Balaban J connectivity index is 1.57. The molecular weight excluding hydrogens is 400 g/mol. The number of hydrogen-bond acceptors (Lipinski definition) is 4. The van der Waals surface area contributed by atoms with Gasteiger partial charge in [0.15, 0.2) is 0 Å². The quantitative estimate of drug-likeness (QED) is 0.721. The molecule has 7 heteroatoms. The van der Waals surface area contributed by atoms with Crippen LogP contribution in [-0.4, -0.2) is 37.8 Å². The predicted octanol–water partition coefficient (Wildman–Crippen LogP) is 3.96. The van der Waals surface area contributed by atoms with Gasteiger partial charge in [0.25, 0.3) is 0 Å². The summed E-state index contributed by atoms with van der Waals surface area (Å²) in [4.78, 5) is 12.8. The number of para-hydroxylation sites is 2. The molecule has 1 aliphatic rings. The van der Waals surface area contributed by atoms with Gasteiger partial charge in [-0.05, 0) is 51.3 Å². The molecule has 2 aromatic rings. The number of nitrogens with one attached hydrogen (secondary N) is 1. The van der Waals surface area contributed by atoms with Crippen molar-refractivity contribution >= 4 is 21.6 Å². The van der Waals surface area contributed by atoms with Gasteiger partial charge in [0, 0.05) is 19.0 Å². The van der Waals surface area contributed by atoms with Crippen molar-refractivity contribution in [2.24, 2.45) is 5.92 Å². The van der Waals surface area contributed by atoms with E-state index in [1.54, 1.807) is 0 Å². The van der Waals surface area contributed by atoms with Gasteiger partial charge < -0.3 is 10.1 Å². The summed E-state index contributed by atoms with van der Waals surface area (Å²) in [5, 5.41) is 2.95. The minimum Gasteiger partial charge on any atom is -0.489 e. The van der Waals surface area contributed by atoms with Crippen LogP contribution in [0.4, 0.5) is 5.69 Å². The summed E-state index contributed by atoms with van der Waals surface area (Å²) in [5.74, 6) is 0.316. The van der Waals surface area contributed by atoms with Gasteiger partial charge in [0.05, 0.1) is 17.5 Å². The maximum absolute atomic E-state index is 12.8. The number of aryl methyl sites for hydroxylation is 1. The molecule has 1 heterocycles. The number of hydrogen-bond donors (Lipinski definition) is 1. The van der Waals surface area contributed by atoms with Gasteiger partial charge in [-0.2, -0.15) is 0 Å². The molecule has 30 heavy (non-hydrogen) atoms. The van der Waals surface area contributed by atoms with E-state index in [1.165, 1.54) is 4.31 Å². The Bertz CT molecular complexity index is 963. The van der Waals surface area contributed by atoms with E-state index in [2.05, 4.69) is 5.32 Å². The minimum atomic E-state index is -3.40. The Morgan fingerprint density at radius 1 is 1.10 bits per heavy atom. The van der Waals surface area contributed by atoms with Crippen LogP contribution < -0.4 is 10.1 Å². The van der Waals surface area contributed by atoms with Gasteiger partial charge in [0.1, 0.15) is 5.75 Å². The van der Waals surface area contributed by atoms with Crippen molar-refractivity contribution in [2.75, 3.05) is 18.4 Å². The highest BCUT2D eigenvalue weighted by Crippen LogP contribution is 2.28. The third-order valence-corrected chi connectivity index (χ3v) is 7.05. The molecule has 0 atom stereocenters. The van der Waals surface area contributed by atoms with Crippen molar-refractivity contribution in [1.82, 2.24) is 4.31 Å². The van der Waals surface area contributed by atoms with E-state index in [0.29, 0.717) is 37.4 Å². The van der Waals surface area contributed by atoms with Crippen molar-refractivity contribution in [3.05, 3.63) is 59.7 Å². The van der Waals surface area contributed by atoms with Gasteiger partial charge in [-0.1, -0.05) is 42.0 Å². The molecule has 162 valence electrons. The maximum Gasteiger partial charge on any atom is 0.227 e. The first-order valence-corrected chi connectivity index (χ1v) is 12.0. The first-order valence-electron chi connectivity index (χ1n) is 10.3. The highest BCUT2D eigenvalue weighted by atomic mass is 32.2. The molecule has 0 spiro atoms. The molecule has 6 nitrogen and oxygen atoms in total. The van der Waals surface area contributed by atoms with Gasteiger partial charge in [-0.15, -0.1) is 0 Å². The van der Waals surface area contributed by atoms with Crippen LogP contribution in [0.15, 0.2) is 48.5 Å². The van der Waals surface area contributed by atoms with Crippen LogP contribution in [0.25, 0.3) is 0 Å². The molecule has 1 N–H and O–H groups in total. The van der Waals surface area contributed by atoms with Crippen LogP contribution in [0.2, 0.25) is 0 Å². The highest BCUT2D eigenvalue weighted by molar-refractivity contribution is 7.88. The molecule has 2 aromatic carbocycles. The second kappa shape index (κ2) is 9.62. The topological polar surface area (TPSA) is 75.7 Å². The first-order chi connectivity index (χ1) is 14.2. The zero-order chi connectivity index (χ0) is 21.7. The third-order valence-electron chi connectivity index (χ3n) is 5.20. The number of piperidine rings is 1. The van der Waals surface area contributed by atoms with Crippen LogP contribution >= 0.6 is 0 Å². The lowest BCUT2D eigenvalue weighted by Crippen LogP contribution is -2.41. The Morgan fingerprint density at radius 2 is 1.73 bits per heavy atom. The summed E-state index contributed by atoms with van der Waals surface area (Å²) in [6, 6.07) is 14.9. The Kier molecular flexibility index (Phi) is 7.15. The van der Waals surface area contributed by atoms with Gasteiger partial charge in [-0.3, -0.25) is 4.79 Å². The number of benzene rings is 2. The van der Waals surface area contributed by atoms with Crippen molar-refractivity contribution in [3.63, 3.8) is 0 Å². The van der Waals surface area contributed by atoms with E-state index in [-0.39, 0.29) is 23.7 Å². The molecule has 1 saturated heterocycles. The second-order valence-electron chi connectivity index (χ2n) is 8.07. The summed E-state index contributed by atoms with van der Waals surface area (Å²) in [7, 11) is -3.40. The normalized spacial score (nSPS) is 15.9. The smallest absolute Gasteiger partial charge is 0.227 e. The van der Waals surface area contributed by atoms with E-state index in [1.807, 2.05) is 69.3 Å². The van der Waals surface area contributed by atoms with Crippen LogP contribution in [-0.2, 0) is 20.6 Å². The fourth-order valence-electron chi connectivity index (χ4n) is 3.54. The minimum absolute atomic E-state index is 0.00465. The summed E-state index contributed by atoms with van der Waals surface area (Å²) in [5.41, 5.74) is 2.52. The number of ether oxygens (including phenoxy) is 1. The summed E-state index contributed by atoms with van der Waals surface area (Å²) < 4.78 is 32.8. The monoisotopic (exact) mass is 430 g/mol. The largest absolute Gasteiger partial charge is 0.489 e. The maximum atomic E-state index is 12.8. The zero-order valence-electron chi connectivity index (χ0n) is 17.8. The first kappa shape index (κ1) is 22.3. The highest BCUT2D eigenvalue weighted by Gasteiger charge is 2.31. The van der Waals surface area contributed by atoms with Crippen LogP contribution in [0.3, 0.4) is 0 Å². The van der Waals surface area contributed by atoms with E-state index in [0.717, 1.165) is 11.1 Å². The molecule has 0 unspecified atom stereocenters. The van der Waals surface area contributed by atoms with Crippen molar-refractivity contribution < 1.29 is 17.9 Å². The lowest BCUT2D eigenvalue weighted by molar-refractivity contribution is -0.120. The summed E-state index contributed by atoms with van der Waals surface area (Å²) in [6.45, 7) is 6.56. The van der Waals surface area contributed by atoms with Crippen molar-refractivity contribution in [2.45, 2.75) is 45.5 Å². The molecule has 1 fully saturated rings. The molecule has 0 aliphatic carbocycles. The van der Waals surface area contributed by atoms with E-state index < -0.39 is 10.0 Å². The van der Waals surface area contributed by atoms with Crippen LogP contribution in [0.1, 0.15) is 37.8 Å². The second-order valence-corrected chi connectivity index (χ2v) is 10.0. The lowest BCUT2D eigenvalue weighted by Gasteiger charge is -2.30. The summed E-state index contributed by atoms with van der Waals surface area (Å²) in [6.07, 6.45) is 1.02. The van der Waals surface area contributed by atoms with E-state index in [4.69, 9.17) is 4.74 Å². The Labute approximate surface area is 179 Å². The molecular formula is C23H30N2O4S. The number of nitrogens with zero attached hydrogens (tertiary/aromatic N) is 1. The summed E-state index contributed by atoms with van der Waals surface area (Å²) >= 11 is 0. The molecule has 0 aromatic heterocycles. The van der Waals surface area contributed by atoms with Crippen molar-refractivity contribution in [3.8, 4) is 5.75 Å². The number of carbonyl (C=O) groups excluding carboxylic acids is 1. The Hall–Kier alpha value is -2.38. The number of sulfonamides is 1. The number of amides is 1. The molecule has 0 saturated carbocycles. The zero-order valence-corrected chi connectivity index (χ0v) is 18.6. The predicted molar refractivity (Wildman–Crippen MR) is 119 cm³/mol. The fraction of sp³-hybridized carbons (Fsp3) is 0.435.